The molecular weight excluding hydrogens is 435 g/mol. The summed E-state index contributed by atoms with van der Waals surface area (Å²) in [5.74, 6) is 0.933. The van der Waals surface area contributed by atoms with Gasteiger partial charge in [-0.25, -0.2) is 0 Å². The van der Waals surface area contributed by atoms with Crippen LogP contribution in [0.3, 0.4) is 0 Å². The molecule has 0 spiro atoms. The molecule has 0 atom stereocenters. The Balaban J connectivity index is 0.00000529. The number of benzene rings is 1. The van der Waals surface area contributed by atoms with Gasteiger partial charge in [-0.3, -0.25) is 4.99 Å². The standard InChI is InChI=1S/C18H31ClN4.HI/c1-5-23(6-2)14-8-7-13-21-18(20-3)22(4)15-16-9-11-17(19)12-10-16;/h9-12H,5-8,13-15H2,1-4H3,(H,20,21);1H. The van der Waals surface area contributed by atoms with E-state index in [9.17, 15) is 0 Å². The van der Waals surface area contributed by atoms with Crippen LogP contribution < -0.4 is 5.32 Å². The van der Waals surface area contributed by atoms with E-state index < -0.39 is 0 Å². The van der Waals surface area contributed by atoms with E-state index in [2.05, 4.69) is 53.1 Å². The minimum Gasteiger partial charge on any atom is -0.356 e. The number of hydrogen-bond acceptors (Lipinski definition) is 2. The third kappa shape index (κ3) is 9.08. The lowest BCUT2D eigenvalue weighted by molar-refractivity contribution is 0.297. The van der Waals surface area contributed by atoms with Crippen molar-refractivity contribution >= 4 is 41.5 Å². The lowest BCUT2D eigenvalue weighted by atomic mass is 10.2. The van der Waals surface area contributed by atoms with Crippen molar-refractivity contribution in [1.29, 1.82) is 0 Å². The molecule has 0 saturated heterocycles. The summed E-state index contributed by atoms with van der Waals surface area (Å²) < 4.78 is 0. The van der Waals surface area contributed by atoms with Crippen LogP contribution in [0, 0.1) is 0 Å². The van der Waals surface area contributed by atoms with Crippen molar-refractivity contribution in [2.75, 3.05) is 40.3 Å². The highest BCUT2D eigenvalue weighted by Gasteiger charge is 2.06. The normalized spacial score (nSPS) is 11.3. The molecule has 6 heteroatoms. The summed E-state index contributed by atoms with van der Waals surface area (Å²) in [6, 6.07) is 7.95. The number of rotatable bonds is 9. The maximum absolute atomic E-state index is 5.93. The van der Waals surface area contributed by atoms with E-state index in [1.165, 1.54) is 18.5 Å². The van der Waals surface area contributed by atoms with Crippen molar-refractivity contribution < 1.29 is 0 Å². The third-order valence-corrected chi connectivity index (χ3v) is 4.24. The van der Waals surface area contributed by atoms with Gasteiger partial charge in [0.1, 0.15) is 0 Å². The number of guanidine groups is 1. The van der Waals surface area contributed by atoms with E-state index in [0.717, 1.165) is 43.6 Å². The summed E-state index contributed by atoms with van der Waals surface area (Å²) in [6.07, 6.45) is 2.37. The lowest BCUT2D eigenvalue weighted by Gasteiger charge is -2.22. The second kappa shape index (κ2) is 13.7. The molecule has 0 aliphatic heterocycles. The van der Waals surface area contributed by atoms with Gasteiger partial charge < -0.3 is 15.1 Å². The molecule has 0 aromatic heterocycles. The van der Waals surface area contributed by atoms with Gasteiger partial charge in [-0.05, 0) is 50.2 Å². The summed E-state index contributed by atoms with van der Waals surface area (Å²) in [5, 5.41) is 4.21. The topological polar surface area (TPSA) is 30.9 Å². The molecule has 0 unspecified atom stereocenters. The Hall–Kier alpha value is -0.530. The first kappa shape index (κ1) is 23.5. The van der Waals surface area contributed by atoms with Crippen LogP contribution in [0.1, 0.15) is 32.3 Å². The van der Waals surface area contributed by atoms with Gasteiger partial charge >= 0.3 is 0 Å². The van der Waals surface area contributed by atoms with E-state index in [1.807, 2.05) is 19.2 Å². The van der Waals surface area contributed by atoms with Crippen molar-refractivity contribution in [3.05, 3.63) is 34.9 Å². The molecule has 0 amide bonds. The zero-order chi connectivity index (χ0) is 17.1. The van der Waals surface area contributed by atoms with E-state index in [-0.39, 0.29) is 24.0 Å². The van der Waals surface area contributed by atoms with Crippen molar-refractivity contribution in [2.45, 2.75) is 33.2 Å². The summed E-state index contributed by atoms with van der Waals surface area (Å²) in [4.78, 5) is 8.95. The smallest absolute Gasteiger partial charge is 0.193 e. The van der Waals surface area contributed by atoms with Crippen LogP contribution >= 0.6 is 35.6 Å². The van der Waals surface area contributed by atoms with Crippen LogP contribution in [-0.2, 0) is 6.54 Å². The van der Waals surface area contributed by atoms with Gasteiger partial charge in [-0.15, -0.1) is 24.0 Å². The van der Waals surface area contributed by atoms with Gasteiger partial charge in [0.05, 0.1) is 0 Å². The van der Waals surface area contributed by atoms with Crippen molar-refractivity contribution in [1.82, 2.24) is 15.1 Å². The second-order valence-corrected chi connectivity index (χ2v) is 6.13. The number of nitrogens with one attached hydrogen (secondary N) is 1. The van der Waals surface area contributed by atoms with Gasteiger partial charge in [0.15, 0.2) is 5.96 Å². The molecular formula is C18H32ClIN4. The highest BCUT2D eigenvalue weighted by molar-refractivity contribution is 14.0. The Morgan fingerprint density at radius 2 is 1.75 bits per heavy atom. The van der Waals surface area contributed by atoms with Gasteiger partial charge in [0.25, 0.3) is 0 Å². The van der Waals surface area contributed by atoms with Crippen molar-refractivity contribution in [2.24, 2.45) is 4.99 Å². The fourth-order valence-corrected chi connectivity index (χ4v) is 2.65. The minimum atomic E-state index is 0. The molecule has 24 heavy (non-hydrogen) atoms. The summed E-state index contributed by atoms with van der Waals surface area (Å²) in [7, 11) is 3.89. The molecule has 0 aliphatic carbocycles. The first-order valence-corrected chi connectivity index (χ1v) is 8.87. The molecule has 1 aromatic rings. The minimum absolute atomic E-state index is 0. The van der Waals surface area contributed by atoms with Crippen LogP contribution in [0.2, 0.25) is 5.02 Å². The fraction of sp³-hybridized carbons (Fsp3) is 0.611. The first-order chi connectivity index (χ1) is 11.1. The highest BCUT2D eigenvalue weighted by atomic mass is 127. The molecule has 1 N–H and O–H groups in total. The summed E-state index contributed by atoms with van der Waals surface area (Å²) in [6.45, 7) is 9.65. The van der Waals surface area contributed by atoms with Crippen LogP contribution in [0.15, 0.2) is 29.3 Å². The van der Waals surface area contributed by atoms with Crippen LogP contribution in [0.25, 0.3) is 0 Å². The molecule has 1 aromatic carbocycles. The Kier molecular flexibility index (Phi) is 13.4. The average molecular weight is 467 g/mol. The maximum Gasteiger partial charge on any atom is 0.193 e. The van der Waals surface area contributed by atoms with Crippen LogP contribution in [0.4, 0.5) is 0 Å². The number of aliphatic imine (C=N–C) groups is 1. The highest BCUT2D eigenvalue weighted by Crippen LogP contribution is 2.11. The molecule has 0 bridgehead atoms. The monoisotopic (exact) mass is 466 g/mol. The molecule has 0 aliphatic rings. The molecule has 0 radical (unpaired) electrons. The van der Waals surface area contributed by atoms with E-state index >= 15 is 0 Å². The lowest BCUT2D eigenvalue weighted by Crippen LogP contribution is -2.39. The van der Waals surface area contributed by atoms with E-state index in [0.29, 0.717) is 0 Å². The largest absolute Gasteiger partial charge is 0.356 e. The van der Waals surface area contributed by atoms with Crippen molar-refractivity contribution in [3.63, 3.8) is 0 Å². The molecule has 1 rings (SSSR count). The molecule has 0 saturated carbocycles. The predicted octanol–water partition coefficient (Wildman–Crippen LogP) is 4.09. The SMILES string of the molecule is CCN(CC)CCCCNC(=NC)N(C)Cc1ccc(Cl)cc1.I. The molecule has 4 nitrogen and oxygen atoms in total. The average Bonchev–Trinajstić information content (AvgIpc) is 2.56. The Labute approximate surface area is 169 Å². The zero-order valence-corrected chi connectivity index (χ0v) is 18.5. The van der Waals surface area contributed by atoms with Crippen LogP contribution in [0.5, 0.6) is 0 Å². The van der Waals surface area contributed by atoms with Gasteiger partial charge in [-0.2, -0.15) is 0 Å². The maximum atomic E-state index is 5.93. The number of unbranched alkanes of at least 4 members (excludes halogenated alkanes) is 1. The quantitative estimate of drug-likeness (QED) is 0.257. The van der Waals surface area contributed by atoms with Gasteiger partial charge in [0, 0.05) is 32.2 Å². The summed E-state index contributed by atoms with van der Waals surface area (Å²) in [5.41, 5.74) is 1.22. The summed E-state index contributed by atoms with van der Waals surface area (Å²) >= 11 is 5.93. The molecule has 0 heterocycles. The number of halogens is 2. The number of nitrogens with zero attached hydrogens (tertiary/aromatic N) is 3. The Morgan fingerprint density at radius 3 is 2.29 bits per heavy atom. The second-order valence-electron chi connectivity index (χ2n) is 5.69. The molecule has 138 valence electrons. The van der Waals surface area contributed by atoms with Gasteiger partial charge in [0.2, 0.25) is 0 Å². The third-order valence-electron chi connectivity index (χ3n) is 3.99. The Morgan fingerprint density at radius 1 is 1.12 bits per heavy atom. The van der Waals surface area contributed by atoms with E-state index in [1.54, 1.807) is 0 Å². The molecule has 0 fully saturated rings. The van der Waals surface area contributed by atoms with Crippen molar-refractivity contribution in [3.8, 4) is 0 Å². The zero-order valence-electron chi connectivity index (χ0n) is 15.4. The Bertz CT molecular complexity index is 461. The first-order valence-electron chi connectivity index (χ1n) is 8.49. The predicted molar refractivity (Wildman–Crippen MR) is 117 cm³/mol. The number of hydrogen-bond donors (Lipinski definition) is 1. The van der Waals surface area contributed by atoms with Gasteiger partial charge in [-0.1, -0.05) is 37.6 Å². The fourth-order valence-electron chi connectivity index (χ4n) is 2.52. The van der Waals surface area contributed by atoms with Crippen LogP contribution in [-0.4, -0.2) is 56.0 Å². The van der Waals surface area contributed by atoms with E-state index in [4.69, 9.17) is 11.6 Å².